The van der Waals surface area contributed by atoms with Crippen molar-refractivity contribution < 1.29 is 16.8 Å². The second kappa shape index (κ2) is 6.18. The molecule has 2 rings (SSSR count). The van der Waals surface area contributed by atoms with E-state index in [0.29, 0.717) is 13.1 Å². The summed E-state index contributed by atoms with van der Waals surface area (Å²) < 4.78 is 52.2. The number of nitrogens with one attached hydrogen (secondary N) is 2. The van der Waals surface area contributed by atoms with Crippen molar-refractivity contribution in [2.45, 2.75) is 19.3 Å². The normalized spacial score (nSPS) is 17.4. The number of hydrogen-bond acceptors (Lipinski definition) is 4. The predicted molar refractivity (Wildman–Crippen MR) is 81.1 cm³/mol. The van der Waals surface area contributed by atoms with Gasteiger partial charge >= 0.3 is 10.2 Å². The van der Waals surface area contributed by atoms with Crippen LogP contribution in [-0.4, -0.2) is 34.2 Å². The minimum absolute atomic E-state index is 0.191. The lowest BCUT2D eigenvalue weighted by atomic mass is 10.2. The molecule has 0 atom stereocenters. The summed E-state index contributed by atoms with van der Waals surface area (Å²) in [6, 6.07) is 5.91. The molecule has 118 valence electrons. The fourth-order valence-corrected chi connectivity index (χ4v) is 3.88. The highest BCUT2D eigenvalue weighted by Crippen LogP contribution is 2.19. The summed E-state index contributed by atoms with van der Waals surface area (Å²) in [7, 11) is -7.52. The largest absolute Gasteiger partial charge is 0.301 e. The van der Waals surface area contributed by atoms with E-state index in [1.165, 1.54) is 28.6 Å². The van der Waals surface area contributed by atoms with Crippen LogP contribution in [0.25, 0.3) is 0 Å². The molecule has 0 amide bonds. The molecule has 1 aliphatic heterocycles. The standard InChI is InChI=1S/C11H18N4O4S2/c12-20(16,17)13-10-5-4-6-11(9-10)14-21(18,19)15-7-2-1-3-8-15/h4-6,9,13-14H,1-3,7-8H2,(H2,12,16,17). The van der Waals surface area contributed by atoms with Crippen molar-refractivity contribution in [1.82, 2.24) is 4.31 Å². The molecular weight excluding hydrogens is 316 g/mol. The molecule has 8 nitrogen and oxygen atoms in total. The highest BCUT2D eigenvalue weighted by molar-refractivity contribution is 7.90. The van der Waals surface area contributed by atoms with Crippen LogP contribution >= 0.6 is 0 Å². The van der Waals surface area contributed by atoms with E-state index in [4.69, 9.17) is 5.14 Å². The average Bonchev–Trinajstić information content (AvgIpc) is 2.37. The van der Waals surface area contributed by atoms with Gasteiger partial charge in [-0.15, -0.1) is 0 Å². The van der Waals surface area contributed by atoms with E-state index in [-0.39, 0.29) is 11.4 Å². The lowest BCUT2D eigenvalue weighted by Gasteiger charge is -2.26. The van der Waals surface area contributed by atoms with Gasteiger partial charge in [-0.2, -0.15) is 21.1 Å². The summed E-state index contributed by atoms with van der Waals surface area (Å²) >= 11 is 0. The van der Waals surface area contributed by atoms with E-state index in [2.05, 4.69) is 9.44 Å². The third-order valence-corrected chi connectivity index (χ3v) is 5.08. The molecule has 0 saturated carbocycles. The van der Waals surface area contributed by atoms with E-state index >= 15 is 0 Å². The Hall–Kier alpha value is -1.36. The molecule has 0 aromatic heterocycles. The van der Waals surface area contributed by atoms with Crippen molar-refractivity contribution in [1.29, 1.82) is 0 Å². The molecule has 0 aliphatic carbocycles. The zero-order valence-corrected chi connectivity index (χ0v) is 13.0. The van der Waals surface area contributed by atoms with Crippen molar-refractivity contribution in [3.05, 3.63) is 24.3 Å². The molecule has 0 spiro atoms. The Morgan fingerprint density at radius 2 is 1.52 bits per heavy atom. The van der Waals surface area contributed by atoms with Crippen LogP contribution in [0.5, 0.6) is 0 Å². The molecule has 1 heterocycles. The van der Waals surface area contributed by atoms with Crippen LogP contribution in [0.4, 0.5) is 11.4 Å². The van der Waals surface area contributed by atoms with Crippen molar-refractivity contribution in [3.8, 4) is 0 Å². The van der Waals surface area contributed by atoms with Crippen LogP contribution in [0, 0.1) is 0 Å². The Labute approximate surface area is 124 Å². The summed E-state index contributed by atoms with van der Waals surface area (Å²) in [5, 5.41) is 4.88. The van der Waals surface area contributed by atoms with E-state index in [1.807, 2.05) is 0 Å². The number of anilines is 2. The quantitative estimate of drug-likeness (QED) is 0.723. The fraction of sp³-hybridized carbons (Fsp3) is 0.455. The summed E-state index contributed by atoms with van der Waals surface area (Å²) in [6.45, 7) is 0.981. The maximum Gasteiger partial charge on any atom is 0.301 e. The highest BCUT2D eigenvalue weighted by Gasteiger charge is 2.23. The van der Waals surface area contributed by atoms with E-state index in [1.54, 1.807) is 0 Å². The van der Waals surface area contributed by atoms with Gasteiger partial charge in [-0.05, 0) is 31.0 Å². The second-order valence-electron chi connectivity index (χ2n) is 4.79. The molecule has 1 aromatic carbocycles. The molecule has 10 heteroatoms. The van der Waals surface area contributed by atoms with E-state index in [9.17, 15) is 16.8 Å². The van der Waals surface area contributed by atoms with Crippen LogP contribution in [0.1, 0.15) is 19.3 Å². The van der Waals surface area contributed by atoms with Gasteiger partial charge < -0.3 is 0 Å². The third kappa shape index (κ3) is 4.84. The molecule has 0 radical (unpaired) electrons. The Bertz CT molecular complexity index is 697. The van der Waals surface area contributed by atoms with Crippen LogP contribution in [-0.2, 0) is 20.4 Å². The Morgan fingerprint density at radius 1 is 0.952 bits per heavy atom. The predicted octanol–water partition coefficient (Wildman–Crippen LogP) is 0.445. The average molecular weight is 334 g/mol. The number of nitrogens with zero attached hydrogens (tertiary/aromatic N) is 1. The number of benzene rings is 1. The molecular formula is C11H18N4O4S2. The molecule has 1 aliphatic rings. The topological polar surface area (TPSA) is 122 Å². The summed E-state index contributed by atoms with van der Waals surface area (Å²) in [4.78, 5) is 0. The maximum atomic E-state index is 12.2. The zero-order chi connectivity index (χ0) is 15.5. The summed E-state index contributed by atoms with van der Waals surface area (Å²) in [5.74, 6) is 0. The summed E-state index contributed by atoms with van der Waals surface area (Å²) in [6.07, 6.45) is 2.71. The van der Waals surface area contributed by atoms with E-state index in [0.717, 1.165) is 19.3 Å². The van der Waals surface area contributed by atoms with Gasteiger partial charge in [0.05, 0.1) is 11.4 Å². The minimum Gasteiger partial charge on any atom is -0.271 e. The molecule has 1 fully saturated rings. The number of nitrogens with two attached hydrogens (primary N) is 1. The summed E-state index contributed by atoms with van der Waals surface area (Å²) in [5.41, 5.74) is 0.463. The second-order valence-corrected chi connectivity index (χ2v) is 7.76. The molecule has 0 bridgehead atoms. The van der Waals surface area contributed by atoms with Gasteiger partial charge in [0.2, 0.25) is 0 Å². The Morgan fingerprint density at radius 3 is 2.10 bits per heavy atom. The lowest BCUT2D eigenvalue weighted by Crippen LogP contribution is -2.39. The first-order chi connectivity index (χ1) is 9.76. The van der Waals surface area contributed by atoms with Gasteiger partial charge in [-0.3, -0.25) is 9.44 Å². The lowest BCUT2D eigenvalue weighted by molar-refractivity contribution is 0.349. The molecule has 4 N–H and O–H groups in total. The monoisotopic (exact) mass is 334 g/mol. The first kappa shape index (κ1) is 16.0. The van der Waals surface area contributed by atoms with Gasteiger partial charge in [-0.25, -0.2) is 5.14 Å². The van der Waals surface area contributed by atoms with Crippen LogP contribution in [0.15, 0.2) is 24.3 Å². The van der Waals surface area contributed by atoms with Crippen LogP contribution in [0.2, 0.25) is 0 Å². The van der Waals surface area contributed by atoms with Crippen molar-refractivity contribution in [2.24, 2.45) is 5.14 Å². The zero-order valence-electron chi connectivity index (χ0n) is 11.3. The van der Waals surface area contributed by atoms with Gasteiger partial charge in [0.25, 0.3) is 10.2 Å². The number of hydrogen-bond donors (Lipinski definition) is 3. The third-order valence-electron chi connectivity index (χ3n) is 3.02. The minimum atomic E-state index is -3.90. The molecule has 1 saturated heterocycles. The maximum absolute atomic E-state index is 12.2. The van der Waals surface area contributed by atoms with Gasteiger partial charge in [0, 0.05) is 13.1 Å². The Kier molecular flexibility index (Phi) is 4.71. The molecule has 1 aromatic rings. The molecule has 0 unspecified atom stereocenters. The first-order valence-corrected chi connectivity index (χ1v) is 9.43. The number of rotatable bonds is 5. The Balaban J connectivity index is 2.13. The molecule has 21 heavy (non-hydrogen) atoms. The van der Waals surface area contributed by atoms with Gasteiger partial charge in [-0.1, -0.05) is 12.5 Å². The highest BCUT2D eigenvalue weighted by atomic mass is 32.2. The van der Waals surface area contributed by atoms with Gasteiger partial charge in [0.15, 0.2) is 0 Å². The first-order valence-electron chi connectivity index (χ1n) is 6.45. The van der Waals surface area contributed by atoms with Gasteiger partial charge in [0.1, 0.15) is 0 Å². The van der Waals surface area contributed by atoms with Crippen molar-refractivity contribution in [2.75, 3.05) is 22.5 Å². The van der Waals surface area contributed by atoms with Crippen molar-refractivity contribution >= 4 is 31.8 Å². The smallest absolute Gasteiger partial charge is 0.271 e. The van der Waals surface area contributed by atoms with E-state index < -0.39 is 20.4 Å². The fourth-order valence-electron chi connectivity index (χ4n) is 2.13. The number of piperidine rings is 1. The van der Waals surface area contributed by atoms with Crippen LogP contribution in [0.3, 0.4) is 0 Å². The SMILES string of the molecule is NS(=O)(=O)Nc1cccc(NS(=O)(=O)N2CCCCC2)c1. The van der Waals surface area contributed by atoms with Crippen LogP contribution < -0.4 is 14.6 Å². The van der Waals surface area contributed by atoms with Crippen molar-refractivity contribution in [3.63, 3.8) is 0 Å².